The highest BCUT2D eigenvalue weighted by Gasteiger charge is 2.20. The summed E-state index contributed by atoms with van der Waals surface area (Å²) in [6.45, 7) is 0. The van der Waals surface area contributed by atoms with E-state index in [0.29, 0.717) is 0 Å². The summed E-state index contributed by atoms with van der Waals surface area (Å²) >= 11 is 0. The van der Waals surface area contributed by atoms with Gasteiger partial charge in [0.25, 0.3) is 0 Å². The van der Waals surface area contributed by atoms with E-state index in [2.05, 4.69) is 0 Å². The molecule has 0 atom stereocenters. The van der Waals surface area contributed by atoms with Gasteiger partial charge in [-0.2, -0.15) is 8.42 Å². The van der Waals surface area contributed by atoms with Crippen molar-refractivity contribution in [3.8, 4) is 0 Å². The van der Waals surface area contributed by atoms with Crippen LogP contribution in [0, 0.1) is 17.5 Å². The standard InChI is InChI=1S/C6H2F4O2S/c7-3-1-5(9)6(2-4(3)8)13(10,11)12/h1-2H. The summed E-state index contributed by atoms with van der Waals surface area (Å²) in [5.74, 6) is -4.87. The number of benzene rings is 1. The Kier molecular flexibility index (Phi) is 2.29. The van der Waals surface area contributed by atoms with Crippen LogP contribution in [-0.4, -0.2) is 8.42 Å². The SMILES string of the molecule is O=S(=O)(F)c1cc(F)c(F)cc1F. The number of rotatable bonds is 1. The lowest BCUT2D eigenvalue weighted by atomic mass is 10.3. The summed E-state index contributed by atoms with van der Waals surface area (Å²) in [6, 6.07) is -0.0954. The fraction of sp³-hybridized carbons (Fsp3) is 0. The Morgan fingerprint density at radius 3 is 1.85 bits per heavy atom. The molecule has 1 aromatic carbocycles. The molecule has 0 bridgehead atoms. The van der Waals surface area contributed by atoms with Crippen LogP contribution in [0.3, 0.4) is 0 Å². The van der Waals surface area contributed by atoms with Gasteiger partial charge < -0.3 is 0 Å². The zero-order valence-corrected chi connectivity index (χ0v) is 6.71. The van der Waals surface area contributed by atoms with E-state index in [1.165, 1.54) is 0 Å². The van der Waals surface area contributed by atoms with Gasteiger partial charge >= 0.3 is 10.2 Å². The fourth-order valence-electron chi connectivity index (χ4n) is 0.691. The molecule has 0 amide bonds. The van der Waals surface area contributed by atoms with E-state index in [9.17, 15) is 25.5 Å². The van der Waals surface area contributed by atoms with Gasteiger partial charge in [0.2, 0.25) is 0 Å². The third-order valence-corrected chi connectivity index (χ3v) is 2.08. The molecule has 1 aromatic rings. The largest absolute Gasteiger partial charge is 0.335 e. The Bertz CT molecular complexity index is 440. The Hall–Kier alpha value is -1.11. The molecule has 0 N–H and O–H groups in total. The average molecular weight is 214 g/mol. The van der Waals surface area contributed by atoms with Gasteiger partial charge in [0, 0.05) is 12.1 Å². The molecule has 2 nitrogen and oxygen atoms in total. The van der Waals surface area contributed by atoms with Crippen molar-refractivity contribution in [1.82, 2.24) is 0 Å². The first-order chi connectivity index (χ1) is 5.82. The van der Waals surface area contributed by atoms with Crippen molar-refractivity contribution in [3.05, 3.63) is 29.6 Å². The lowest BCUT2D eigenvalue weighted by Crippen LogP contribution is -1.99. The lowest BCUT2D eigenvalue weighted by Gasteiger charge is -1.98. The molecule has 0 saturated carbocycles. The van der Waals surface area contributed by atoms with Crippen LogP contribution in [-0.2, 0) is 10.2 Å². The Labute approximate surface area is 71.0 Å². The third-order valence-electron chi connectivity index (χ3n) is 1.24. The van der Waals surface area contributed by atoms with Crippen LogP contribution in [0.1, 0.15) is 0 Å². The van der Waals surface area contributed by atoms with E-state index < -0.39 is 32.6 Å². The predicted octanol–water partition coefficient (Wildman–Crippen LogP) is 1.76. The third kappa shape index (κ3) is 1.97. The molecule has 1 rings (SSSR count). The summed E-state index contributed by atoms with van der Waals surface area (Å²) in [6.07, 6.45) is 0. The van der Waals surface area contributed by atoms with Gasteiger partial charge in [-0.05, 0) is 0 Å². The van der Waals surface area contributed by atoms with Gasteiger partial charge in [-0.1, -0.05) is 0 Å². The minimum Gasteiger partial charge on any atom is -0.205 e. The van der Waals surface area contributed by atoms with Crippen molar-refractivity contribution in [2.45, 2.75) is 4.90 Å². The topological polar surface area (TPSA) is 34.1 Å². The first kappa shape index (κ1) is 9.97. The maximum absolute atomic E-state index is 12.5. The van der Waals surface area contributed by atoms with Gasteiger partial charge in [-0.3, -0.25) is 0 Å². The fourth-order valence-corrected chi connectivity index (χ4v) is 1.23. The maximum Gasteiger partial charge on any atom is 0.335 e. The van der Waals surface area contributed by atoms with Crippen molar-refractivity contribution in [3.63, 3.8) is 0 Å². The molecule has 7 heteroatoms. The molecular formula is C6H2F4O2S. The Morgan fingerprint density at radius 1 is 0.923 bits per heavy atom. The van der Waals surface area contributed by atoms with E-state index in [-0.39, 0.29) is 12.1 Å². The molecule has 0 aliphatic carbocycles. The molecule has 0 radical (unpaired) electrons. The zero-order valence-electron chi connectivity index (χ0n) is 5.89. The maximum atomic E-state index is 12.5. The second-order valence-electron chi connectivity index (χ2n) is 2.13. The summed E-state index contributed by atoms with van der Waals surface area (Å²) in [5, 5.41) is 0. The van der Waals surface area contributed by atoms with Gasteiger partial charge in [-0.25, -0.2) is 13.2 Å². The molecule has 0 spiro atoms. The molecule has 0 saturated heterocycles. The zero-order chi connectivity index (χ0) is 10.2. The number of halogens is 4. The van der Waals surface area contributed by atoms with E-state index in [0.717, 1.165) is 0 Å². The molecule has 0 heterocycles. The van der Waals surface area contributed by atoms with Gasteiger partial charge in [-0.15, -0.1) is 3.89 Å². The van der Waals surface area contributed by atoms with Crippen molar-refractivity contribution < 1.29 is 25.5 Å². The molecule has 0 fully saturated rings. The van der Waals surface area contributed by atoms with Crippen LogP contribution in [0.25, 0.3) is 0 Å². The van der Waals surface area contributed by atoms with Gasteiger partial charge in [0.15, 0.2) is 11.6 Å². The number of hydrogen-bond acceptors (Lipinski definition) is 2. The van der Waals surface area contributed by atoms with Crippen molar-refractivity contribution in [2.75, 3.05) is 0 Å². The monoisotopic (exact) mass is 214 g/mol. The van der Waals surface area contributed by atoms with Crippen LogP contribution >= 0.6 is 0 Å². The molecule has 13 heavy (non-hydrogen) atoms. The first-order valence-electron chi connectivity index (χ1n) is 2.91. The number of hydrogen-bond donors (Lipinski definition) is 0. The Morgan fingerprint density at radius 2 is 1.38 bits per heavy atom. The van der Waals surface area contributed by atoms with Crippen LogP contribution < -0.4 is 0 Å². The van der Waals surface area contributed by atoms with E-state index in [1.807, 2.05) is 0 Å². The molecule has 0 aliphatic heterocycles. The molecule has 72 valence electrons. The molecule has 0 aliphatic rings. The van der Waals surface area contributed by atoms with Crippen LogP contribution in [0.4, 0.5) is 17.1 Å². The molecule has 0 unspecified atom stereocenters. The summed E-state index contributed by atoms with van der Waals surface area (Å²) in [7, 11) is -5.35. The van der Waals surface area contributed by atoms with Crippen molar-refractivity contribution >= 4 is 10.2 Å². The molecule has 0 aromatic heterocycles. The highest BCUT2D eigenvalue weighted by atomic mass is 32.3. The quantitative estimate of drug-likeness (QED) is 0.405. The minimum absolute atomic E-state index is 0.0399. The normalized spacial score (nSPS) is 11.7. The van der Waals surface area contributed by atoms with E-state index in [1.54, 1.807) is 0 Å². The lowest BCUT2D eigenvalue weighted by molar-refractivity contribution is 0.478. The van der Waals surface area contributed by atoms with Crippen molar-refractivity contribution in [1.29, 1.82) is 0 Å². The second-order valence-corrected chi connectivity index (χ2v) is 3.45. The molecular weight excluding hydrogens is 212 g/mol. The highest BCUT2D eigenvalue weighted by molar-refractivity contribution is 7.86. The summed E-state index contributed by atoms with van der Waals surface area (Å²) in [5.41, 5.74) is 0. The second kappa shape index (κ2) is 2.99. The predicted molar refractivity (Wildman–Crippen MR) is 34.6 cm³/mol. The minimum atomic E-state index is -5.35. The Balaban J connectivity index is 3.50. The van der Waals surface area contributed by atoms with Crippen LogP contribution in [0.5, 0.6) is 0 Å². The van der Waals surface area contributed by atoms with E-state index >= 15 is 0 Å². The smallest absolute Gasteiger partial charge is 0.205 e. The van der Waals surface area contributed by atoms with E-state index in [4.69, 9.17) is 0 Å². The van der Waals surface area contributed by atoms with Crippen molar-refractivity contribution in [2.24, 2.45) is 0 Å². The average Bonchev–Trinajstić information content (AvgIpc) is 1.94. The highest BCUT2D eigenvalue weighted by Crippen LogP contribution is 2.19. The van der Waals surface area contributed by atoms with Crippen LogP contribution in [0.2, 0.25) is 0 Å². The van der Waals surface area contributed by atoms with Crippen LogP contribution in [0.15, 0.2) is 17.0 Å². The first-order valence-corrected chi connectivity index (χ1v) is 4.30. The van der Waals surface area contributed by atoms with Gasteiger partial charge in [0.1, 0.15) is 10.7 Å². The summed E-state index contributed by atoms with van der Waals surface area (Å²) < 4.78 is 69.4. The van der Waals surface area contributed by atoms with Gasteiger partial charge in [0.05, 0.1) is 0 Å². The summed E-state index contributed by atoms with van der Waals surface area (Å²) in [4.78, 5) is -1.51.